The number of aliphatic hydroxyl groups excluding tert-OH is 1. The van der Waals surface area contributed by atoms with Crippen molar-refractivity contribution >= 4 is 0 Å². The van der Waals surface area contributed by atoms with Gasteiger partial charge < -0.3 is 9.84 Å². The van der Waals surface area contributed by atoms with Gasteiger partial charge in [-0.05, 0) is 31.4 Å². The molecule has 0 bridgehead atoms. The van der Waals surface area contributed by atoms with Crippen LogP contribution in [0.5, 0.6) is 5.75 Å². The zero-order valence-electron chi connectivity index (χ0n) is 8.93. The van der Waals surface area contributed by atoms with Gasteiger partial charge in [0.25, 0.3) is 0 Å². The minimum Gasteiger partial charge on any atom is -0.494 e. The van der Waals surface area contributed by atoms with Gasteiger partial charge in [-0.25, -0.2) is 0 Å². The molecule has 2 heteroatoms. The Hall–Kier alpha value is -1.28. The van der Waals surface area contributed by atoms with Crippen molar-refractivity contribution in [2.45, 2.75) is 25.4 Å². The summed E-state index contributed by atoms with van der Waals surface area (Å²) < 4.78 is 5.50. The number of hydrogen-bond acceptors (Lipinski definition) is 2. The van der Waals surface area contributed by atoms with Crippen LogP contribution in [0, 0.1) is 0 Å². The van der Waals surface area contributed by atoms with Crippen LogP contribution in [0.1, 0.15) is 19.3 Å². The highest BCUT2D eigenvalue weighted by Crippen LogP contribution is 2.09. The molecule has 0 aliphatic carbocycles. The van der Waals surface area contributed by atoms with Crippen LogP contribution >= 0.6 is 0 Å². The molecule has 15 heavy (non-hydrogen) atoms. The van der Waals surface area contributed by atoms with Crippen LogP contribution in [0.3, 0.4) is 0 Å². The van der Waals surface area contributed by atoms with E-state index in [4.69, 9.17) is 4.74 Å². The molecule has 82 valence electrons. The monoisotopic (exact) mass is 206 g/mol. The van der Waals surface area contributed by atoms with Gasteiger partial charge in [-0.15, -0.1) is 6.58 Å². The molecule has 0 saturated carbocycles. The van der Waals surface area contributed by atoms with Crippen LogP contribution in [-0.2, 0) is 0 Å². The lowest BCUT2D eigenvalue weighted by Crippen LogP contribution is -2.07. The minimum absolute atomic E-state index is 0.276. The summed E-state index contributed by atoms with van der Waals surface area (Å²) in [4.78, 5) is 0. The largest absolute Gasteiger partial charge is 0.494 e. The first-order valence-electron chi connectivity index (χ1n) is 5.29. The average molecular weight is 206 g/mol. The highest BCUT2D eigenvalue weighted by molar-refractivity contribution is 5.20. The van der Waals surface area contributed by atoms with E-state index in [0.29, 0.717) is 13.0 Å². The van der Waals surface area contributed by atoms with Gasteiger partial charge >= 0.3 is 0 Å². The van der Waals surface area contributed by atoms with Gasteiger partial charge in [-0.2, -0.15) is 0 Å². The molecule has 1 N–H and O–H groups in total. The second kappa shape index (κ2) is 7.07. The lowest BCUT2D eigenvalue weighted by molar-refractivity contribution is 0.155. The van der Waals surface area contributed by atoms with Crippen LogP contribution in [0.4, 0.5) is 0 Å². The number of rotatable bonds is 7. The van der Waals surface area contributed by atoms with Crippen molar-refractivity contribution in [3.63, 3.8) is 0 Å². The second-order valence-electron chi connectivity index (χ2n) is 3.48. The van der Waals surface area contributed by atoms with Crippen LogP contribution in [-0.4, -0.2) is 17.8 Å². The van der Waals surface area contributed by atoms with Crippen molar-refractivity contribution in [3.8, 4) is 5.75 Å². The summed E-state index contributed by atoms with van der Waals surface area (Å²) in [7, 11) is 0. The molecule has 0 aromatic heterocycles. The smallest absolute Gasteiger partial charge is 0.119 e. The Morgan fingerprint density at radius 2 is 2.07 bits per heavy atom. The van der Waals surface area contributed by atoms with Crippen LogP contribution in [0.15, 0.2) is 43.0 Å². The Morgan fingerprint density at radius 3 is 2.73 bits per heavy atom. The number of benzene rings is 1. The highest BCUT2D eigenvalue weighted by Gasteiger charge is 2.00. The summed E-state index contributed by atoms with van der Waals surface area (Å²) in [5.41, 5.74) is 0. The summed E-state index contributed by atoms with van der Waals surface area (Å²) >= 11 is 0. The Kier molecular flexibility index (Phi) is 5.56. The summed E-state index contributed by atoms with van der Waals surface area (Å²) in [6, 6.07) is 9.71. The lowest BCUT2D eigenvalue weighted by atomic mass is 10.1. The zero-order chi connectivity index (χ0) is 10.9. The van der Waals surface area contributed by atoms with Gasteiger partial charge in [0.2, 0.25) is 0 Å². The molecule has 1 atom stereocenters. The minimum atomic E-state index is -0.276. The van der Waals surface area contributed by atoms with E-state index in [1.54, 1.807) is 6.08 Å². The summed E-state index contributed by atoms with van der Waals surface area (Å²) in [5, 5.41) is 9.42. The van der Waals surface area contributed by atoms with Gasteiger partial charge in [0.15, 0.2) is 0 Å². The fraction of sp³-hybridized carbons (Fsp3) is 0.385. The third kappa shape index (κ3) is 5.23. The van der Waals surface area contributed by atoms with E-state index in [0.717, 1.165) is 18.6 Å². The Bertz CT molecular complexity index is 269. The van der Waals surface area contributed by atoms with E-state index >= 15 is 0 Å². The molecule has 0 aliphatic rings. The van der Waals surface area contributed by atoms with Crippen LogP contribution in [0.2, 0.25) is 0 Å². The molecule has 1 unspecified atom stereocenters. The van der Waals surface area contributed by atoms with E-state index < -0.39 is 0 Å². The summed E-state index contributed by atoms with van der Waals surface area (Å²) in [6.45, 7) is 4.24. The molecule has 0 heterocycles. The first-order chi connectivity index (χ1) is 7.33. The quantitative estimate of drug-likeness (QED) is 0.549. The second-order valence-corrected chi connectivity index (χ2v) is 3.48. The van der Waals surface area contributed by atoms with Crippen LogP contribution in [0.25, 0.3) is 0 Å². The average Bonchev–Trinajstić information content (AvgIpc) is 2.26. The maximum atomic E-state index is 9.42. The molecule has 0 saturated heterocycles. The maximum Gasteiger partial charge on any atom is 0.119 e. The van der Waals surface area contributed by atoms with Crippen molar-refractivity contribution < 1.29 is 9.84 Å². The third-order valence-corrected chi connectivity index (χ3v) is 2.13. The van der Waals surface area contributed by atoms with E-state index in [2.05, 4.69) is 6.58 Å². The zero-order valence-corrected chi connectivity index (χ0v) is 8.93. The number of hydrogen-bond donors (Lipinski definition) is 1. The molecule has 0 aliphatic heterocycles. The van der Waals surface area contributed by atoms with Crippen molar-refractivity contribution in [1.29, 1.82) is 0 Å². The normalized spacial score (nSPS) is 12.1. The van der Waals surface area contributed by atoms with E-state index in [1.165, 1.54) is 0 Å². The highest BCUT2D eigenvalue weighted by atomic mass is 16.5. The Balaban J connectivity index is 2.09. The predicted octanol–water partition coefficient (Wildman–Crippen LogP) is 2.78. The molecule has 0 spiro atoms. The van der Waals surface area contributed by atoms with Crippen molar-refractivity contribution in [1.82, 2.24) is 0 Å². The Morgan fingerprint density at radius 1 is 1.33 bits per heavy atom. The molecule has 1 aromatic rings. The number of ether oxygens (including phenoxy) is 1. The van der Waals surface area contributed by atoms with E-state index in [9.17, 15) is 5.11 Å². The maximum absolute atomic E-state index is 9.42. The summed E-state index contributed by atoms with van der Waals surface area (Å²) in [6.07, 6.45) is 3.75. The summed E-state index contributed by atoms with van der Waals surface area (Å²) in [5.74, 6) is 0.885. The standard InChI is InChI=1S/C13H18O2/c1-2-7-12(14)8-6-11-15-13-9-4-3-5-10-13/h2-5,9-10,12,14H,1,6-8,11H2. The molecular weight excluding hydrogens is 188 g/mol. The van der Waals surface area contributed by atoms with Crippen molar-refractivity contribution in [2.75, 3.05) is 6.61 Å². The molecule has 1 rings (SSSR count). The number of aliphatic hydroxyl groups is 1. The van der Waals surface area contributed by atoms with E-state index in [-0.39, 0.29) is 6.10 Å². The first kappa shape index (κ1) is 11.8. The number of para-hydroxylation sites is 1. The van der Waals surface area contributed by atoms with Gasteiger partial charge in [-0.3, -0.25) is 0 Å². The topological polar surface area (TPSA) is 29.5 Å². The fourth-order valence-corrected chi connectivity index (χ4v) is 1.34. The SMILES string of the molecule is C=CCC(O)CCCOc1ccccc1. The van der Waals surface area contributed by atoms with Gasteiger partial charge in [-0.1, -0.05) is 24.3 Å². The predicted molar refractivity (Wildman–Crippen MR) is 62.0 cm³/mol. The fourth-order valence-electron chi connectivity index (χ4n) is 1.34. The van der Waals surface area contributed by atoms with Crippen LogP contribution < -0.4 is 4.74 Å². The lowest BCUT2D eigenvalue weighted by Gasteiger charge is -2.08. The Labute approximate surface area is 91.2 Å². The molecule has 0 radical (unpaired) electrons. The molecule has 0 amide bonds. The van der Waals surface area contributed by atoms with E-state index in [1.807, 2.05) is 30.3 Å². The van der Waals surface area contributed by atoms with Gasteiger partial charge in [0, 0.05) is 0 Å². The molecule has 0 fully saturated rings. The van der Waals surface area contributed by atoms with Gasteiger partial charge in [0.1, 0.15) is 5.75 Å². The first-order valence-corrected chi connectivity index (χ1v) is 5.29. The molecule has 2 nitrogen and oxygen atoms in total. The van der Waals surface area contributed by atoms with Gasteiger partial charge in [0.05, 0.1) is 12.7 Å². The van der Waals surface area contributed by atoms with Crippen molar-refractivity contribution in [3.05, 3.63) is 43.0 Å². The molecule has 1 aromatic carbocycles. The third-order valence-electron chi connectivity index (χ3n) is 2.13. The molecular formula is C13H18O2. The van der Waals surface area contributed by atoms with Crippen molar-refractivity contribution in [2.24, 2.45) is 0 Å².